The summed E-state index contributed by atoms with van der Waals surface area (Å²) in [7, 11) is 0. The third-order valence-corrected chi connectivity index (χ3v) is 5.22. The van der Waals surface area contributed by atoms with Crippen LogP contribution in [0, 0.1) is 5.92 Å². The van der Waals surface area contributed by atoms with Crippen LogP contribution in [-0.2, 0) is 11.3 Å². The number of benzene rings is 2. The lowest BCUT2D eigenvalue weighted by Crippen LogP contribution is -2.26. The molecule has 0 saturated carbocycles. The van der Waals surface area contributed by atoms with Crippen LogP contribution in [0.2, 0.25) is 0 Å². The van der Waals surface area contributed by atoms with Crippen LogP contribution in [0.3, 0.4) is 0 Å². The van der Waals surface area contributed by atoms with Gasteiger partial charge in [-0.2, -0.15) is 0 Å². The number of amides is 1. The average Bonchev–Trinajstić information content (AvgIpc) is 3.43. The number of imidazole rings is 1. The molecule has 0 radical (unpaired) electrons. The summed E-state index contributed by atoms with van der Waals surface area (Å²) < 4.78 is 7.41. The zero-order valence-corrected chi connectivity index (χ0v) is 15.9. The van der Waals surface area contributed by atoms with E-state index in [0.29, 0.717) is 18.0 Å². The van der Waals surface area contributed by atoms with Gasteiger partial charge in [0.2, 0.25) is 0 Å². The van der Waals surface area contributed by atoms with Crippen molar-refractivity contribution >= 4 is 5.91 Å². The molecule has 2 heterocycles. The Balaban J connectivity index is 1.32. The van der Waals surface area contributed by atoms with Crippen LogP contribution in [0.25, 0.3) is 11.1 Å². The summed E-state index contributed by atoms with van der Waals surface area (Å²) in [6.45, 7) is 3.19. The van der Waals surface area contributed by atoms with Gasteiger partial charge in [0.15, 0.2) is 0 Å². The molecule has 1 saturated heterocycles. The number of rotatable bonds is 7. The van der Waals surface area contributed by atoms with Gasteiger partial charge >= 0.3 is 0 Å². The minimum atomic E-state index is -0.0128. The second-order valence-corrected chi connectivity index (χ2v) is 7.28. The Labute approximate surface area is 165 Å². The largest absolute Gasteiger partial charge is 0.381 e. The standard InChI is InChI=1S/C23H25N3O2/c27-23(25-11-9-19-10-14-28-16-19)22-7-5-21(6-8-22)20-3-1-18(2-4-20)15-26-13-12-24-17-26/h1-8,12-13,17,19H,9-11,14-16H2,(H,25,27)/t19-/m1/s1. The van der Waals surface area contributed by atoms with E-state index in [1.165, 1.54) is 5.56 Å². The Bertz CT molecular complexity index is 881. The van der Waals surface area contributed by atoms with Crippen LogP contribution in [0.1, 0.15) is 28.8 Å². The Morgan fingerprint density at radius 2 is 1.86 bits per heavy atom. The van der Waals surface area contributed by atoms with Gasteiger partial charge in [0, 0.05) is 44.3 Å². The topological polar surface area (TPSA) is 56.1 Å². The lowest BCUT2D eigenvalue weighted by atomic mass is 10.0. The molecule has 1 atom stereocenters. The van der Waals surface area contributed by atoms with E-state index in [1.807, 2.05) is 41.4 Å². The van der Waals surface area contributed by atoms with Gasteiger partial charge in [-0.05, 0) is 47.6 Å². The van der Waals surface area contributed by atoms with Crippen molar-refractivity contribution in [1.29, 1.82) is 0 Å². The quantitative estimate of drug-likeness (QED) is 0.684. The van der Waals surface area contributed by atoms with Gasteiger partial charge in [0.05, 0.1) is 6.33 Å². The number of hydrogen-bond donors (Lipinski definition) is 1. The molecule has 5 heteroatoms. The fourth-order valence-corrected chi connectivity index (χ4v) is 3.51. The molecule has 1 fully saturated rings. The monoisotopic (exact) mass is 375 g/mol. The summed E-state index contributed by atoms with van der Waals surface area (Å²) in [5.74, 6) is 0.570. The van der Waals surface area contributed by atoms with E-state index in [4.69, 9.17) is 4.74 Å². The van der Waals surface area contributed by atoms with Crippen molar-refractivity contribution in [2.45, 2.75) is 19.4 Å². The van der Waals surface area contributed by atoms with Gasteiger partial charge in [0.1, 0.15) is 0 Å². The SMILES string of the molecule is O=C(NCC[C@@H]1CCOC1)c1ccc(-c2ccc(Cn3ccnc3)cc2)cc1. The second kappa shape index (κ2) is 8.85. The van der Waals surface area contributed by atoms with Crippen molar-refractivity contribution in [1.82, 2.24) is 14.9 Å². The summed E-state index contributed by atoms with van der Waals surface area (Å²) in [6, 6.07) is 16.3. The van der Waals surface area contributed by atoms with E-state index >= 15 is 0 Å². The highest BCUT2D eigenvalue weighted by Gasteiger charge is 2.15. The maximum Gasteiger partial charge on any atom is 0.251 e. The van der Waals surface area contributed by atoms with Crippen molar-refractivity contribution < 1.29 is 9.53 Å². The summed E-state index contributed by atoms with van der Waals surface area (Å²) >= 11 is 0. The minimum Gasteiger partial charge on any atom is -0.381 e. The molecule has 1 aromatic heterocycles. The molecular weight excluding hydrogens is 350 g/mol. The molecule has 0 bridgehead atoms. The summed E-state index contributed by atoms with van der Waals surface area (Å²) in [6.07, 6.45) is 7.65. The van der Waals surface area contributed by atoms with Crippen molar-refractivity contribution in [3.8, 4) is 11.1 Å². The van der Waals surface area contributed by atoms with E-state index in [-0.39, 0.29) is 5.91 Å². The molecule has 2 aromatic carbocycles. The van der Waals surface area contributed by atoms with E-state index < -0.39 is 0 Å². The number of carbonyl (C=O) groups excluding carboxylic acids is 1. The third kappa shape index (κ3) is 4.67. The summed E-state index contributed by atoms with van der Waals surface area (Å²) in [4.78, 5) is 16.4. The molecule has 1 N–H and O–H groups in total. The summed E-state index contributed by atoms with van der Waals surface area (Å²) in [5.41, 5.74) is 4.17. The number of nitrogens with zero attached hydrogens (tertiary/aromatic N) is 2. The zero-order chi connectivity index (χ0) is 19.2. The Morgan fingerprint density at radius 1 is 1.11 bits per heavy atom. The molecule has 28 heavy (non-hydrogen) atoms. The van der Waals surface area contributed by atoms with Crippen LogP contribution in [0.15, 0.2) is 67.3 Å². The number of carbonyl (C=O) groups is 1. The van der Waals surface area contributed by atoms with Gasteiger partial charge in [-0.3, -0.25) is 4.79 Å². The lowest BCUT2D eigenvalue weighted by Gasteiger charge is -2.09. The molecule has 3 aromatic rings. The number of hydrogen-bond acceptors (Lipinski definition) is 3. The highest BCUT2D eigenvalue weighted by molar-refractivity contribution is 5.94. The van der Waals surface area contributed by atoms with Crippen molar-refractivity contribution in [3.05, 3.63) is 78.4 Å². The molecule has 1 aliphatic rings. The van der Waals surface area contributed by atoms with E-state index in [0.717, 1.165) is 43.7 Å². The van der Waals surface area contributed by atoms with Crippen molar-refractivity contribution in [2.75, 3.05) is 19.8 Å². The minimum absolute atomic E-state index is 0.0128. The van der Waals surface area contributed by atoms with Crippen LogP contribution < -0.4 is 5.32 Å². The first-order chi connectivity index (χ1) is 13.8. The molecule has 0 spiro atoms. The Morgan fingerprint density at radius 3 is 2.50 bits per heavy atom. The van der Waals surface area contributed by atoms with Crippen molar-refractivity contribution in [3.63, 3.8) is 0 Å². The molecule has 1 amide bonds. The first-order valence-corrected chi connectivity index (χ1v) is 9.79. The number of ether oxygens (including phenoxy) is 1. The van der Waals surface area contributed by atoms with E-state index in [9.17, 15) is 4.79 Å². The molecule has 0 unspecified atom stereocenters. The van der Waals surface area contributed by atoms with E-state index in [1.54, 1.807) is 6.20 Å². The Kier molecular flexibility index (Phi) is 5.83. The first kappa shape index (κ1) is 18.4. The highest BCUT2D eigenvalue weighted by Crippen LogP contribution is 2.21. The number of nitrogens with one attached hydrogen (secondary N) is 1. The van der Waals surface area contributed by atoms with Gasteiger partial charge < -0.3 is 14.6 Å². The average molecular weight is 375 g/mol. The fourth-order valence-electron chi connectivity index (χ4n) is 3.51. The third-order valence-electron chi connectivity index (χ3n) is 5.22. The zero-order valence-electron chi connectivity index (χ0n) is 15.9. The maximum atomic E-state index is 12.3. The molecule has 1 aliphatic heterocycles. The smallest absolute Gasteiger partial charge is 0.251 e. The maximum absolute atomic E-state index is 12.3. The van der Waals surface area contributed by atoms with Crippen LogP contribution >= 0.6 is 0 Å². The normalized spacial score (nSPS) is 16.2. The molecular formula is C23H25N3O2. The van der Waals surface area contributed by atoms with Crippen LogP contribution in [0.5, 0.6) is 0 Å². The molecule has 144 valence electrons. The first-order valence-electron chi connectivity index (χ1n) is 9.79. The van der Waals surface area contributed by atoms with Gasteiger partial charge in [-0.1, -0.05) is 36.4 Å². The molecule has 0 aliphatic carbocycles. The Hall–Kier alpha value is -2.92. The fraction of sp³-hybridized carbons (Fsp3) is 0.304. The second-order valence-electron chi connectivity index (χ2n) is 7.28. The predicted molar refractivity (Wildman–Crippen MR) is 109 cm³/mol. The molecule has 4 rings (SSSR count). The predicted octanol–water partition coefficient (Wildman–Crippen LogP) is 3.75. The lowest BCUT2D eigenvalue weighted by molar-refractivity contribution is 0.0950. The van der Waals surface area contributed by atoms with Crippen LogP contribution in [0.4, 0.5) is 0 Å². The number of aromatic nitrogens is 2. The van der Waals surface area contributed by atoms with Gasteiger partial charge in [0.25, 0.3) is 5.91 Å². The molecule has 5 nitrogen and oxygen atoms in total. The van der Waals surface area contributed by atoms with Crippen LogP contribution in [-0.4, -0.2) is 35.2 Å². The highest BCUT2D eigenvalue weighted by atomic mass is 16.5. The van der Waals surface area contributed by atoms with Crippen molar-refractivity contribution in [2.24, 2.45) is 5.92 Å². The van der Waals surface area contributed by atoms with Gasteiger partial charge in [-0.25, -0.2) is 4.98 Å². The summed E-state index contributed by atoms with van der Waals surface area (Å²) in [5, 5.41) is 3.01. The van der Waals surface area contributed by atoms with E-state index in [2.05, 4.69) is 34.6 Å². The van der Waals surface area contributed by atoms with Gasteiger partial charge in [-0.15, -0.1) is 0 Å².